The van der Waals surface area contributed by atoms with E-state index in [2.05, 4.69) is 5.32 Å². The van der Waals surface area contributed by atoms with E-state index in [0.29, 0.717) is 6.54 Å². The number of carbonyl (C=O) groups is 2. The number of hydrogen-bond acceptors (Lipinski definition) is 3. The Hall–Kier alpha value is -1.59. The molecule has 18 heavy (non-hydrogen) atoms. The molecule has 6 heteroatoms. The minimum absolute atomic E-state index is 0. The molecule has 0 heterocycles. The molecule has 0 fully saturated rings. The van der Waals surface area contributed by atoms with E-state index >= 15 is 0 Å². The van der Waals surface area contributed by atoms with Gasteiger partial charge >= 0.3 is 0 Å². The van der Waals surface area contributed by atoms with Crippen molar-refractivity contribution in [2.24, 2.45) is 11.5 Å². The molecule has 0 aliphatic rings. The summed E-state index contributed by atoms with van der Waals surface area (Å²) >= 11 is 0. The predicted molar refractivity (Wildman–Crippen MR) is 72.1 cm³/mol. The van der Waals surface area contributed by atoms with Gasteiger partial charge in [0.2, 0.25) is 11.8 Å². The first-order valence-corrected chi connectivity index (χ1v) is 5.36. The molecule has 0 aliphatic carbocycles. The highest BCUT2D eigenvalue weighted by Crippen LogP contribution is 2.03. The number of primary amides is 1. The molecule has 5 nitrogen and oxygen atoms in total. The zero-order valence-electron chi connectivity index (χ0n) is 10.2. The molecule has 0 saturated heterocycles. The van der Waals surface area contributed by atoms with Crippen molar-refractivity contribution in [3.8, 4) is 0 Å². The zero-order chi connectivity index (χ0) is 12.8. The lowest BCUT2D eigenvalue weighted by Crippen LogP contribution is -2.42. The highest BCUT2D eigenvalue weighted by molar-refractivity contribution is 5.87. The van der Waals surface area contributed by atoms with Gasteiger partial charge in [0.25, 0.3) is 0 Å². The smallest absolute Gasteiger partial charge is 0.237 e. The topological polar surface area (TPSA) is 98.2 Å². The largest absolute Gasteiger partial charge is 0.370 e. The predicted octanol–water partition coefficient (Wildman–Crippen LogP) is 0.236. The molecule has 1 rings (SSSR count). The van der Waals surface area contributed by atoms with Crippen molar-refractivity contribution in [3.05, 3.63) is 35.4 Å². The summed E-state index contributed by atoms with van der Waals surface area (Å²) < 4.78 is 0. The van der Waals surface area contributed by atoms with Crippen LogP contribution in [0.2, 0.25) is 0 Å². The SMILES string of the molecule is Cc1cccc(CNC(=O)C(N)CC(N)=O)c1.Cl. The lowest BCUT2D eigenvalue weighted by molar-refractivity contribution is -0.126. The summed E-state index contributed by atoms with van der Waals surface area (Å²) in [5, 5.41) is 2.66. The maximum atomic E-state index is 11.5. The maximum Gasteiger partial charge on any atom is 0.237 e. The van der Waals surface area contributed by atoms with Crippen molar-refractivity contribution in [1.29, 1.82) is 0 Å². The molecule has 0 spiro atoms. The molecule has 2 amide bonds. The Labute approximate surface area is 112 Å². The fourth-order valence-corrected chi connectivity index (χ4v) is 1.45. The summed E-state index contributed by atoms with van der Waals surface area (Å²) in [6.45, 7) is 2.37. The van der Waals surface area contributed by atoms with E-state index in [1.807, 2.05) is 31.2 Å². The summed E-state index contributed by atoms with van der Waals surface area (Å²) in [7, 11) is 0. The molecule has 1 atom stereocenters. The maximum absolute atomic E-state index is 11.5. The molecule has 0 saturated carbocycles. The Balaban J connectivity index is 0.00000289. The third-order valence-corrected chi connectivity index (χ3v) is 2.31. The number of halogens is 1. The van der Waals surface area contributed by atoms with Crippen LogP contribution in [-0.2, 0) is 16.1 Å². The van der Waals surface area contributed by atoms with Crippen LogP contribution in [0.1, 0.15) is 17.5 Å². The summed E-state index contributed by atoms with van der Waals surface area (Å²) in [6.07, 6.45) is -0.139. The number of benzene rings is 1. The van der Waals surface area contributed by atoms with Gasteiger partial charge in [-0.05, 0) is 12.5 Å². The van der Waals surface area contributed by atoms with Crippen LogP contribution in [-0.4, -0.2) is 17.9 Å². The number of amides is 2. The monoisotopic (exact) mass is 271 g/mol. The minimum Gasteiger partial charge on any atom is -0.370 e. The first kappa shape index (κ1) is 16.4. The molecule has 1 aromatic rings. The van der Waals surface area contributed by atoms with Gasteiger partial charge in [-0.3, -0.25) is 9.59 Å². The third-order valence-electron chi connectivity index (χ3n) is 2.31. The summed E-state index contributed by atoms with van der Waals surface area (Å²) in [5.41, 5.74) is 12.6. The lowest BCUT2D eigenvalue weighted by Gasteiger charge is -2.10. The van der Waals surface area contributed by atoms with E-state index in [9.17, 15) is 9.59 Å². The van der Waals surface area contributed by atoms with Crippen molar-refractivity contribution in [2.45, 2.75) is 25.9 Å². The average Bonchev–Trinajstić information content (AvgIpc) is 2.25. The second kappa shape index (κ2) is 7.68. The summed E-state index contributed by atoms with van der Waals surface area (Å²) in [5.74, 6) is -0.950. The molecule has 1 unspecified atom stereocenters. The Bertz CT molecular complexity index is 424. The third kappa shape index (κ3) is 5.65. The van der Waals surface area contributed by atoms with Gasteiger partial charge in [0.15, 0.2) is 0 Å². The number of rotatable bonds is 5. The summed E-state index contributed by atoms with van der Waals surface area (Å²) in [4.78, 5) is 22.1. The number of nitrogens with one attached hydrogen (secondary N) is 1. The second-order valence-electron chi connectivity index (χ2n) is 3.98. The van der Waals surface area contributed by atoms with Crippen LogP contribution in [0, 0.1) is 6.92 Å². The minimum atomic E-state index is -0.877. The molecule has 100 valence electrons. The van der Waals surface area contributed by atoms with E-state index in [1.165, 1.54) is 0 Å². The van der Waals surface area contributed by atoms with Crippen molar-refractivity contribution in [1.82, 2.24) is 5.32 Å². The quantitative estimate of drug-likeness (QED) is 0.715. The molecule has 0 aromatic heterocycles. The van der Waals surface area contributed by atoms with Crippen LogP contribution >= 0.6 is 12.4 Å². The molecule has 0 bridgehead atoms. The van der Waals surface area contributed by atoms with Crippen LogP contribution < -0.4 is 16.8 Å². The van der Waals surface area contributed by atoms with Gasteiger partial charge in [-0.1, -0.05) is 29.8 Å². The summed E-state index contributed by atoms with van der Waals surface area (Å²) in [6, 6.07) is 6.90. The highest BCUT2D eigenvalue weighted by atomic mass is 35.5. The molecular weight excluding hydrogens is 254 g/mol. The average molecular weight is 272 g/mol. The highest BCUT2D eigenvalue weighted by Gasteiger charge is 2.15. The van der Waals surface area contributed by atoms with Crippen molar-refractivity contribution >= 4 is 24.2 Å². The van der Waals surface area contributed by atoms with Gasteiger partial charge in [-0.25, -0.2) is 0 Å². The van der Waals surface area contributed by atoms with Gasteiger partial charge < -0.3 is 16.8 Å². The van der Waals surface area contributed by atoms with Crippen LogP contribution in [0.4, 0.5) is 0 Å². The van der Waals surface area contributed by atoms with E-state index in [1.54, 1.807) is 0 Å². The van der Waals surface area contributed by atoms with Crippen LogP contribution in [0.15, 0.2) is 24.3 Å². The van der Waals surface area contributed by atoms with Gasteiger partial charge in [-0.2, -0.15) is 0 Å². The first-order chi connectivity index (χ1) is 7.99. The van der Waals surface area contributed by atoms with E-state index in [-0.39, 0.29) is 24.7 Å². The fourth-order valence-electron chi connectivity index (χ4n) is 1.45. The van der Waals surface area contributed by atoms with Gasteiger partial charge in [0.05, 0.1) is 12.5 Å². The lowest BCUT2D eigenvalue weighted by atomic mass is 10.1. The Kier molecular flexibility index (Phi) is 7.00. The zero-order valence-corrected chi connectivity index (χ0v) is 11.0. The Morgan fingerprint density at radius 3 is 2.61 bits per heavy atom. The van der Waals surface area contributed by atoms with Gasteiger partial charge in [0, 0.05) is 6.54 Å². The van der Waals surface area contributed by atoms with Gasteiger partial charge in [-0.15, -0.1) is 12.4 Å². The van der Waals surface area contributed by atoms with Crippen LogP contribution in [0.5, 0.6) is 0 Å². The molecule has 0 aliphatic heterocycles. The van der Waals surface area contributed by atoms with E-state index < -0.39 is 11.9 Å². The Morgan fingerprint density at radius 2 is 2.06 bits per heavy atom. The van der Waals surface area contributed by atoms with Crippen LogP contribution in [0.25, 0.3) is 0 Å². The number of hydrogen-bond donors (Lipinski definition) is 3. The molecule has 1 aromatic carbocycles. The normalized spacial score (nSPS) is 11.2. The molecule has 5 N–H and O–H groups in total. The first-order valence-electron chi connectivity index (χ1n) is 5.36. The number of nitrogens with two attached hydrogens (primary N) is 2. The van der Waals surface area contributed by atoms with Crippen molar-refractivity contribution < 1.29 is 9.59 Å². The van der Waals surface area contributed by atoms with Crippen molar-refractivity contribution in [3.63, 3.8) is 0 Å². The molecule has 0 radical (unpaired) electrons. The number of aryl methyl sites for hydroxylation is 1. The van der Waals surface area contributed by atoms with Crippen LogP contribution in [0.3, 0.4) is 0 Å². The molecular formula is C12H18ClN3O2. The second-order valence-corrected chi connectivity index (χ2v) is 3.98. The fraction of sp³-hybridized carbons (Fsp3) is 0.333. The van der Waals surface area contributed by atoms with E-state index in [0.717, 1.165) is 11.1 Å². The van der Waals surface area contributed by atoms with Crippen molar-refractivity contribution in [2.75, 3.05) is 0 Å². The Morgan fingerprint density at radius 1 is 1.39 bits per heavy atom. The standard InChI is InChI=1S/C12H17N3O2.ClH/c1-8-3-2-4-9(5-8)7-15-12(17)10(13)6-11(14)16;/h2-5,10H,6-7,13H2,1H3,(H2,14,16)(H,15,17);1H. The van der Waals surface area contributed by atoms with Gasteiger partial charge in [0.1, 0.15) is 0 Å². The van der Waals surface area contributed by atoms with E-state index in [4.69, 9.17) is 11.5 Å². The number of carbonyl (C=O) groups excluding carboxylic acids is 2.